The van der Waals surface area contributed by atoms with Crippen LogP contribution in [0.2, 0.25) is 0 Å². The summed E-state index contributed by atoms with van der Waals surface area (Å²) >= 11 is 1.94. The maximum absolute atomic E-state index is 12.8. The molecule has 0 radical (unpaired) electrons. The van der Waals surface area contributed by atoms with Gasteiger partial charge in [0.25, 0.3) is 0 Å². The fourth-order valence-corrected chi connectivity index (χ4v) is 2.02. The molecule has 0 saturated carbocycles. The molecular formula is C11H8FIN2O2. The molecule has 0 saturated heterocycles. The van der Waals surface area contributed by atoms with Crippen LogP contribution in [0.15, 0.2) is 24.3 Å². The Morgan fingerprint density at radius 3 is 2.47 bits per heavy atom. The summed E-state index contributed by atoms with van der Waals surface area (Å²) in [6, 6.07) is 5.72. The van der Waals surface area contributed by atoms with Gasteiger partial charge in [-0.2, -0.15) is 5.10 Å². The molecule has 17 heavy (non-hydrogen) atoms. The van der Waals surface area contributed by atoms with E-state index in [1.54, 1.807) is 19.1 Å². The van der Waals surface area contributed by atoms with E-state index in [0.29, 0.717) is 9.26 Å². The summed E-state index contributed by atoms with van der Waals surface area (Å²) in [7, 11) is 0. The van der Waals surface area contributed by atoms with Gasteiger partial charge < -0.3 is 5.11 Å². The van der Waals surface area contributed by atoms with Gasteiger partial charge in [0.1, 0.15) is 5.82 Å². The highest BCUT2D eigenvalue weighted by Crippen LogP contribution is 2.20. The van der Waals surface area contributed by atoms with Gasteiger partial charge in [0.2, 0.25) is 0 Å². The Morgan fingerprint density at radius 2 is 2.00 bits per heavy atom. The van der Waals surface area contributed by atoms with Gasteiger partial charge in [0.05, 0.1) is 15.0 Å². The van der Waals surface area contributed by atoms with Crippen molar-refractivity contribution in [3.63, 3.8) is 0 Å². The number of carbonyl (C=O) groups is 1. The Labute approximate surface area is 110 Å². The molecule has 1 N–H and O–H groups in total. The molecule has 0 aliphatic carbocycles. The highest BCUT2D eigenvalue weighted by Gasteiger charge is 2.18. The van der Waals surface area contributed by atoms with E-state index >= 15 is 0 Å². The summed E-state index contributed by atoms with van der Waals surface area (Å²) in [5.74, 6) is -1.41. The van der Waals surface area contributed by atoms with Crippen molar-refractivity contribution in [1.82, 2.24) is 9.78 Å². The summed E-state index contributed by atoms with van der Waals surface area (Å²) < 4.78 is 14.9. The third-order valence-corrected chi connectivity index (χ3v) is 3.61. The van der Waals surface area contributed by atoms with E-state index in [4.69, 9.17) is 5.11 Å². The number of carboxylic acids is 1. The molecule has 0 unspecified atom stereocenters. The number of nitrogens with zero attached hydrogens (tertiary/aromatic N) is 2. The summed E-state index contributed by atoms with van der Waals surface area (Å²) in [4.78, 5) is 10.9. The van der Waals surface area contributed by atoms with E-state index in [9.17, 15) is 9.18 Å². The topological polar surface area (TPSA) is 55.1 Å². The van der Waals surface area contributed by atoms with Gasteiger partial charge in [0.15, 0.2) is 5.69 Å². The van der Waals surface area contributed by atoms with Crippen molar-refractivity contribution < 1.29 is 14.3 Å². The van der Waals surface area contributed by atoms with Crippen molar-refractivity contribution >= 4 is 28.6 Å². The predicted molar refractivity (Wildman–Crippen MR) is 67.9 cm³/mol. The minimum Gasteiger partial charge on any atom is -0.476 e. The molecule has 0 aliphatic rings. The number of hydrogen-bond acceptors (Lipinski definition) is 2. The van der Waals surface area contributed by atoms with Gasteiger partial charge in [-0.1, -0.05) is 0 Å². The van der Waals surface area contributed by atoms with E-state index in [-0.39, 0.29) is 11.5 Å². The lowest BCUT2D eigenvalue weighted by Crippen LogP contribution is -2.02. The lowest BCUT2D eigenvalue weighted by Gasteiger charge is -2.03. The number of rotatable bonds is 2. The van der Waals surface area contributed by atoms with Gasteiger partial charge >= 0.3 is 5.97 Å². The largest absolute Gasteiger partial charge is 0.476 e. The second-order valence-corrected chi connectivity index (χ2v) is 4.52. The minimum absolute atomic E-state index is 0.00688. The Bertz CT molecular complexity index is 578. The highest BCUT2D eigenvalue weighted by molar-refractivity contribution is 14.1. The van der Waals surface area contributed by atoms with Crippen LogP contribution in [0.3, 0.4) is 0 Å². The first-order valence-corrected chi connectivity index (χ1v) is 5.83. The predicted octanol–water partition coefficient (Wildman–Crippen LogP) is 2.62. The minimum atomic E-state index is -1.07. The molecule has 2 rings (SSSR count). The first-order chi connectivity index (χ1) is 8.00. The fourth-order valence-electron chi connectivity index (χ4n) is 1.45. The highest BCUT2D eigenvalue weighted by atomic mass is 127. The van der Waals surface area contributed by atoms with Crippen molar-refractivity contribution in [3.05, 3.63) is 45.0 Å². The van der Waals surface area contributed by atoms with Crippen LogP contribution in [0.25, 0.3) is 5.69 Å². The molecule has 88 valence electrons. The second kappa shape index (κ2) is 4.44. The Balaban J connectivity index is 2.56. The molecule has 0 spiro atoms. The van der Waals surface area contributed by atoms with Crippen LogP contribution in [0.1, 0.15) is 16.2 Å². The van der Waals surface area contributed by atoms with E-state index in [2.05, 4.69) is 5.10 Å². The molecule has 2 aromatic rings. The molecule has 1 heterocycles. The average Bonchev–Trinajstić information content (AvgIpc) is 2.58. The van der Waals surface area contributed by atoms with Crippen molar-refractivity contribution in [2.45, 2.75) is 6.92 Å². The molecule has 0 aliphatic heterocycles. The van der Waals surface area contributed by atoms with Gasteiger partial charge in [-0.05, 0) is 53.8 Å². The number of halogens is 2. The number of aromatic carboxylic acids is 1. The molecule has 0 fully saturated rings. The zero-order chi connectivity index (χ0) is 12.6. The monoisotopic (exact) mass is 346 g/mol. The van der Waals surface area contributed by atoms with Crippen molar-refractivity contribution in [3.8, 4) is 5.69 Å². The third kappa shape index (κ3) is 2.17. The van der Waals surface area contributed by atoms with E-state index in [1.807, 2.05) is 22.6 Å². The Kier molecular flexibility index (Phi) is 3.14. The SMILES string of the molecule is Cc1c(I)c(C(=O)O)nn1-c1ccc(F)cc1. The summed E-state index contributed by atoms with van der Waals surface area (Å²) in [5, 5.41) is 12.9. The molecule has 1 aromatic carbocycles. The number of hydrogen-bond donors (Lipinski definition) is 1. The Hall–Kier alpha value is -1.44. The summed E-state index contributed by atoms with van der Waals surface area (Å²) in [6.07, 6.45) is 0. The van der Waals surface area contributed by atoms with E-state index < -0.39 is 5.97 Å². The number of carboxylic acid groups (broad SMARTS) is 1. The summed E-state index contributed by atoms with van der Waals surface area (Å²) in [5.41, 5.74) is 1.36. The van der Waals surface area contributed by atoms with Crippen LogP contribution >= 0.6 is 22.6 Å². The van der Waals surface area contributed by atoms with Crippen molar-refractivity contribution in [2.24, 2.45) is 0 Å². The van der Waals surface area contributed by atoms with Gasteiger partial charge in [-0.3, -0.25) is 0 Å². The Morgan fingerprint density at radius 1 is 1.41 bits per heavy atom. The molecular weight excluding hydrogens is 338 g/mol. The van der Waals surface area contributed by atoms with Gasteiger partial charge in [-0.15, -0.1) is 0 Å². The lowest BCUT2D eigenvalue weighted by atomic mass is 10.3. The van der Waals surface area contributed by atoms with Crippen molar-refractivity contribution in [2.75, 3.05) is 0 Å². The zero-order valence-electron chi connectivity index (χ0n) is 8.82. The van der Waals surface area contributed by atoms with Crippen LogP contribution in [-0.2, 0) is 0 Å². The maximum Gasteiger partial charge on any atom is 0.357 e. The first kappa shape index (κ1) is 12.0. The molecule has 4 nitrogen and oxygen atoms in total. The van der Waals surface area contributed by atoms with Crippen LogP contribution in [0.4, 0.5) is 4.39 Å². The molecule has 0 bridgehead atoms. The molecule has 0 amide bonds. The first-order valence-electron chi connectivity index (χ1n) is 4.75. The van der Waals surface area contributed by atoms with Crippen LogP contribution < -0.4 is 0 Å². The normalized spacial score (nSPS) is 10.5. The second-order valence-electron chi connectivity index (χ2n) is 3.44. The fraction of sp³-hybridized carbons (Fsp3) is 0.0909. The smallest absolute Gasteiger partial charge is 0.357 e. The average molecular weight is 346 g/mol. The quantitative estimate of drug-likeness (QED) is 0.851. The third-order valence-electron chi connectivity index (χ3n) is 2.32. The zero-order valence-corrected chi connectivity index (χ0v) is 11.0. The molecule has 1 aromatic heterocycles. The maximum atomic E-state index is 12.8. The number of benzene rings is 1. The van der Waals surface area contributed by atoms with Gasteiger partial charge in [-0.25, -0.2) is 13.9 Å². The molecule has 0 atom stereocenters. The van der Waals surface area contributed by atoms with E-state index in [1.165, 1.54) is 16.8 Å². The van der Waals surface area contributed by atoms with E-state index in [0.717, 1.165) is 5.69 Å². The number of aromatic nitrogens is 2. The standard InChI is InChI=1S/C11H8FIN2O2/c1-6-9(13)10(11(16)17)14-15(6)8-4-2-7(12)3-5-8/h2-5H,1H3,(H,16,17). The van der Waals surface area contributed by atoms with Crippen LogP contribution in [0, 0.1) is 16.3 Å². The van der Waals surface area contributed by atoms with Crippen molar-refractivity contribution in [1.29, 1.82) is 0 Å². The van der Waals surface area contributed by atoms with Crippen LogP contribution in [0.5, 0.6) is 0 Å². The van der Waals surface area contributed by atoms with Gasteiger partial charge in [0, 0.05) is 0 Å². The summed E-state index contributed by atoms with van der Waals surface area (Å²) in [6.45, 7) is 1.77. The molecule has 6 heteroatoms. The lowest BCUT2D eigenvalue weighted by molar-refractivity contribution is 0.0689. The van der Waals surface area contributed by atoms with Crippen LogP contribution in [-0.4, -0.2) is 20.9 Å².